The Bertz CT molecular complexity index is 1130. The summed E-state index contributed by atoms with van der Waals surface area (Å²) in [7, 11) is 1.91. The first-order valence-electron chi connectivity index (χ1n) is 13.2. The number of benzene rings is 1. The van der Waals surface area contributed by atoms with Gasteiger partial charge >= 0.3 is 0 Å². The first kappa shape index (κ1) is 26.4. The molecule has 1 saturated heterocycles. The van der Waals surface area contributed by atoms with Gasteiger partial charge in [-0.15, -0.1) is 5.10 Å². The van der Waals surface area contributed by atoms with Crippen molar-refractivity contribution in [1.29, 1.82) is 0 Å². The van der Waals surface area contributed by atoms with E-state index in [4.69, 9.17) is 10.1 Å². The number of hydrogen-bond donors (Lipinski definition) is 2. The van der Waals surface area contributed by atoms with E-state index in [0.29, 0.717) is 12.6 Å². The number of anilines is 2. The zero-order chi connectivity index (χ0) is 25.7. The normalized spacial score (nSPS) is 16.0. The van der Waals surface area contributed by atoms with E-state index in [1.165, 1.54) is 50.1 Å². The molecule has 1 aliphatic rings. The highest BCUT2D eigenvalue weighted by molar-refractivity contribution is 7.20. The van der Waals surface area contributed by atoms with Gasteiger partial charge in [0.15, 0.2) is 5.82 Å². The Balaban J connectivity index is 1.39. The van der Waals surface area contributed by atoms with Gasteiger partial charge in [-0.2, -0.15) is 4.52 Å². The molecule has 4 rings (SSSR count). The van der Waals surface area contributed by atoms with E-state index in [9.17, 15) is 4.79 Å². The highest BCUT2D eigenvalue weighted by Gasteiger charge is 2.23. The van der Waals surface area contributed by atoms with Gasteiger partial charge in [0.2, 0.25) is 16.0 Å². The number of likely N-dealkylation sites (tertiary alicyclic amines) is 1. The number of nitrogens with zero attached hydrogens (tertiary/aromatic N) is 5. The number of hydrogen-bond acceptors (Lipinski definition) is 7. The van der Waals surface area contributed by atoms with Crippen LogP contribution in [-0.4, -0.2) is 70.2 Å². The lowest BCUT2D eigenvalue weighted by atomic mass is 10.1. The Hall–Kier alpha value is -2.65. The second-order valence-corrected chi connectivity index (χ2v) is 11.9. The van der Waals surface area contributed by atoms with Crippen LogP contribution in [0.5, 0.6) is 0 Å². The lowest BCUT2D eigenvalue weighted by molar-refractivity contribution is -0.119. The third-order valence-electron chi connectivity index (χ3n) is 6.59. The second-order valence-electron chi connectivity index (χ2n) is 10.9. The predicted octanol–water partition coefficient (Wildman–Crippen LogP) is 4.88. The van der Waals surface area contributed by atoms with Gasteiger partial charge in [-0.1, -0.05) is 54.5 Å². The molecule has 9 heteroatoms. The second kappa shape index (κ2) is 11.6. The molecule has 8 nitrogen and oxygen atoms in total. The van der Waals surface area contributed by atoms with Gasteiger partial charge in [-0.3, -0.25) is 4.79 Å². The van der Waals surface area contributed by atoms with Crippen LogP contribution in [0.25, 0.3) is 16.2 Å². The summed E-state index contributed by atoms with van der Waals surface area (Å²) < 4.78 is 1.87. The first-order valence-corrected chi connectivity index (χ1v) is 14.0. The highest BCUT2D eigenvalue weighted by atomic mass is 32.1. The molecule has 196 valence electrons. The summed E-state index contributed by atoms with van der Waals surface area (Å²) in [5.74, 6) is 0.887. The monoisotopic (exact) mass is 511 g/mol. The Kier molecular flexibility index (Phi) is 8.51. The summed E-state index contributed by atoms with van der Waals surface area (Å²) in [5.41, 5.74) is 1.78. The minimum absolute atomic E-state index is 0.0198. The summed E-state index contributed by atoms with van der Waals surface area (Å²) in [4.78, 5) is 22.8. The number of likely N-dealkylation sites (N-methyl/N-ethyl adjacent to an activating group) is 1. The van der Waals surface area contributed by atoms with Crippen molar-refractivity contribution in [3.63, 3.8) is 0 Å². The van der Waals surface area contributed by atoms with Crippen molar-refractivity contribution in [2.75, 3.05) is 43.4 Å². The average Bonchev–Trinajstić information content (AvgIpc) is 3.25. The van der Waals surface area contributed by atoms with Crippen LogP contribution in [0.4, 0.5) is 10.9 Å². The minimum Gasteiger partial charge on any atom is -0.364 e. The van der Waals surface area contributed by atoms with E-state index in [1.54, 1.807) is 0 Å². The SMILES string of the molecule is C[C@H](CCNC(=O)CN(C)c1nn2c(NC(C)(C)C)c(-c3ccccc3)nc2s1)N1CCCCCC1. The van der Waals surface area contributed by atoms with Crippen molar-refractivity contribution in [3.8, 4) is 11.3 Å². The van der Waals surface area contributed by atoms with E-state index in [2.05, 4.69) is 55.4 Å². The van der Waals surface area contributed by atoms with Crippen molar-refractivity contribution < 1.29 is 4.79 Å². The third kappa shape index (κ3) is 6.76. The molecule has 1 atom stereocenters. The molecule has 1 amide bonds. The molecule has 0 spiro atoms. The highest BCUT2D eigenvalue weighted by Crippen LogP contribution is 2.34. The van der Waals surface area contributed by atoms with E-state index in [-0.39, 0.29) is 18.0 Å². The molecule has 1 aromatic carbocycles. The quantitative estimate of drug-likeness (QED) is 0.427. The number of amides is 1. The zero-order valence-electron chi connectivity index (χ0n) is 22.4. The number of nitrogens with one attached hydrogen (secondary N) is 2. The molecule has 0 bridgehead atoms. The minimum atomic E-state index is -0.153. The molecule has 0 radical (unpaired) electrons. The maximum atomic E-state index is 12.7. The molecule has 0 saturated carbocycles. The molecule has 2 aromatic heterocycles. The molecule has 1 aliphatic heterocycles. The van der Waals surface area contributed by atoms with Gasteiger partial charge < -0.3 is 20.4 Å². The van der Waals surface area contributed by atoms with Gasteiger partial charge in [0.1, 0.15) is 5.69 Å². The molecule has 0 unspecified atom stereocenters. The van der Waals surface area contributed by atoms with Crippen LogP contribution in [0.3, 0.4) is 0 Å². The van der Waals surface area contributed by atoms with Crippen molar-refractivity contribution >= 4 is 33.2 Å². The maximum Gasteiger partial charge on any atom is 0.239 e. The van der Waals surface area contributed by atoms with Crippen LogP contribution in [0.1, 0.15) is 59.8 Å². The molecular formula is C27H41N7OS. The Morgan fingerprint density at radius 1 is 1.14 bits per heavy atom. The van der Waals surface area contributed by atoms with Crippen LogP contribution in [0, 0.1) is 0 Å². The van der Waals surface area contributed by atoms with Gasteiger partial charge in [0, 0.05) is 30.7 Å². The van der Waals surface area contributed by atoms with Crippen molar-refractivity contribution in [1.82, 2.24) is 24.8 Å². The lowest BCUT2D eigenvalue weighted by Gasteiger charge is -2.27. The molecular weight excluding hydrogens is 470 g/mol. The number of fused-ring (bicyclic) bond motifs is 1. The van der Waals surface area contributed by atoms with E-state index in [0.717, 1.165) is 33.6 Å². The fraction of sp³-hybridized carbons (Fsp3) is 0.593. The van der Waals surface area contributed by atoms with Crippen molar-refractivity contribution in [2.24, 2.45) is 0 Å². The number of carbonyl (C=O) groups excluding carboxylic acids is 1. The Morgan fingerprint density at radius 2 is 1.83 bits per heavy atom. The summed E-state index contributed by atoms with van der Waals surface area (Å²) in [6, 6.07) is 10.7. The van der Waals surface area contributed by atoms with Gasteiger partial charge in [0.25, 0.3) is 0 Å². The smallest absolute Gasteiger partial charge is 0.239 e. The summed E-state index contributed by atoms with van der Waals surface area (Å²) in [5, 5.41) is 12.3. The molecule has 1 fully saturated rings. The molecule has 2 N–H and O–H groups in total. The number of rotatable bonds is 9. The van der Waals surface area contributed by atoms with Gasteiger partial charge in [0.05, 0.1) is 6.54 Å². The van der Waals surface area contributed by atoms with Crippen molar-refractivity contribution in [3.05, 3.63) is 30.3 Å². The van der Waals surface area contributed by atoms with Crippen LogP contribution in [-0.2, 0) is 4.79 Å². The zero-order valence-corrected chi connectivity index (χ0v) is 23.2. The Morgan fingerprint density at radius 3 is 2.50 bits per heavy atom. The number of carbonyl (C=O) groups is 1. The largest absolute Gasteiger partial charge is 0.364 e. The topological polar surface area (TPSA) is 77.8 Å². The summed E-state index contributed by atoms with van der Waals surface area (Å²) >= 11 is 1.49. The first-order chi connectivity index (χ1) is 17.2. The third-order valence-corrected chi connectivity index (χ3v) is 7.61. The standard InChI is InChI=1S/C27H41N7OS/c1-20(33-17-11-6-7-12-18-33)15-16-28-22(35)19-32(5)26-31-34-24(30-27(2,3)4)23(29-25(34)36-26)21-13-9-8-10-14-21/h8-10,13-14,20,30H,6-7,11-12,15-19H2,1-5H3,(H,28,35)/t20-/m1/s1. The van der Waals surface area contributed by atoms with Gasteiger partial charge in [-0.05, 0) is 60.0 Å². The van der Waals surface area contributed by atoms with E-state index < -0.39 is 0 Å². The molecule has 3 aromatic rings. The van der Waals surface area contributed by atoms with Gasteiger partial charge in [-0.25, -0.2) is 4.98 Å². The van der Waals surface area contributed by atoms with Crippen molar-refractivity contribution in [2.45, 2.75) is 71.4 Å². The van der Waals surface area contributed by atoms with Crippen LogP contribution in [0.2, 0.25) is 0 Å². The summed E-state index contributed by atoms with van der Waals surface area (Å²) in [6.07, 6.45) is 6.24. The van der Waals surface area contributed by atoms with E-state index in [1.807, 2.05) is 34.7 Å². The molecule has 3 heterocycles. The van der Waals surface area contributed by atoms with Crippen LogP contribution in [0.15, 0.2) is 30.3 Å². The van der Waals surface area contributed by atoms with E-state index >= 15 is 0 Å². The average molecular weight is 512 g/mol. The van der Waals surface area contributed by atoms with Crippen LogP contribution >= 0.6 is 11.3 Å². The summed E-state index contributed by atoms with van der Waals surface area (Å²) in [6.45, 7) is 12.0. The molecule has 36 heavy (non-hydrogen) atoms. The number of aromatic nitrogens is 3. The van der Waals surface area contributed by atoms with Crippen LogP contribution < -0.4 is 15.5 Å². The fourth-order valence-electron chi connectivity index (χ4n) is 4.64. The Labute approximate surface area is 219 Å². The number of imidazole rings is 1. The lowest BCUT2D eigenvalue weighted by Crippen LogP contribution is -2.39. The fourth-order valence-corrected chi connectivity index (χ4v) is 5.50. The predicted molar refractivity (Wildman–Crippen MR) is 150 cm³/mol. The molecule has 0 aliphatic carbocycles. The maximum absolute atomic E-state index is 12.7.